The molecule has 0 bridgehead atoms. The molecule has 0 fully saturated rings. The highest BCUT2D eigenvalue weighted by Gasteiger charge is 2.38. The number of benzene rings is 2. The van der Waals surface area contributed by atoms with Crippen molar-refractivity contribution in [2.45, 2.75) is 12.2 Å². The van der Waals surface area contributed by atoms with E-state index in [1.54, 1.807) is 36.5 Å². The van der Waals surface area contributed by atoms with Gasteiger partial charge in [-0.05, 0) is 16.4 Å². The van der Waals surface area contributed by atoms with Crippen LogP contribution in [-0.2, 0) is 4.79 Å². The highest BCUT2D eigenvalue weighted by atomic mass is 31.0. The summed E-state index contributed by atoms with van der Waals surface area (Å²) < 4.78 is 37.1. The van der Waals surface area contributed by atoms with Gasteiger partial charge in [0.2, 0.25) is 0 Å². The Kier molecular flexibility index (Phi) is 6.10. The molecule has 0 aliphatic heterocycles. The van der Waals surface area contributed by atoms with Gasteiger partial charge in [0, 0.05) is 12.8 Å². The fourth-order valence-corrected chi connectivity index (χ4v) is 2.30. The number of nitrogens with zero attached hydrogens (tertiary/aromatic N) is 1. The van der Waals surface area contributed by atoms with Crippen molar-refractivity contribution in [3.63, 3.8) is 0 Å². The minimum atomic E-state index is -4.91. The third-order valence-corrected chi connectivity index (χ3v) is 3.81. The average Bonchev–Trinajstić information content (AvgIpc) is 2.56. The van der Waals surface area contributed by atoms with Crippen LogP contribution in [0, 0.1) is 0 Å². The summed E-state index contributed by atoms with van der Waals surface area (Å²) in [7, 11) is 2.57. The fourth-order valence-electron chi connectivity index (χ4n) is 2.02. The minimum Gasteiger partial charge on any atom is -0.346 e. The van der Waals surface area contributed by atoms with Crippen LogP contribution in [0.4, 0.5) is 13.2 Å². The van der Waals surface area contributed by atoms with Gasteiger partial charge in [-0.2, -0.15) is 13.2 Å². The SMILES string of the molecule is O=C(NC[C@@H](/N=C/c1ccccc1P)c1ccccc1)C(F)(F)F. The zero-order valence-corrected chi connectivity index (χ0v) is 13.8. The molecule has 0 saturated carbocycles. The standard InChI is InChI=1S/C17H16F3N2OP/c18-17(19,20)16(23)22-11-14(12-6-2-1-3-7-12)21-10-13-8-4-5-9-15(13)24/h1-10,14H,11,24H2,(H,22,23)/b21-10+/t14-/m1/s1. The van der Waals surface area contributed by atoms with Gasteiger partial charge in [-0.3, -0.25) is 9.79 Å². The largest absolute Gasteiger partial charge is 0.471 e. The van der Waals surface area contributed by atoms with Crippen molar-refractivity contribution in [2.75, 3.05) is 6.54 Å². The van der Waals surface area contributed by atoms with Crippen molar-refractivity contribution in [3.05, 3.63) is 65.7 Å². The van der Waals surface area contributed by atoms with Crippen LogP contribution in [0.1, 0.15) is 17.2 Å². The lowest BCUT2D eigenvalue weighted by molar-refractivity contribution is -0.173. The average molecular weight is 352 g/mol. The summed E-state index contributed by atoms with van der Waals surface area (Å²) in [5, 5.41) is 2.81. The van der Waals surface area contributed by atoms with E-state index >= 15 is 0 Å². The highest BCUT2D eigenvalue weighted by molar-refractivity contribution is 7.27. The molecular formula is C17H16F3N2OP. The van der Waals surface area contributed by atoms with E-state index in [-0.39, 0.29) is 6.54 Å². The normalized spacial score (nSPS) is 13.0. The molecule has 2 aromatic rings. The minimum absolute atomic E-state index is 0.238. The topological polar surface area (TPSA) is 41.5 Å². The number of carbonyl (C=O) groups is 1. The molecule has 3 nitrogen and oxygen atoms in total. The number of hydrogen-bond donors (Lipinski definition) is 1. The molecule has 0 saturated heterocycles. The molecule has 2 atom stereocenters. The molecule has 1 unspecified atom stereocenters. The zero-order valence-electron chi connectivity index (χ0n) is 12.6. The second-order valence-electron chi connectivity index (χ2n) is 5.04. The van der Waals surface area contributed by atoms with E-state index in [1.165, 1.54) is 0 Å². The fraction of sp³-hybridized carbons (Fsp3) is 0.176. The number of alkyl halides is 3. The van der Waals surface area contributed by atoms with Gasteiger partial charge in [-0.1, -0.05) is 54.6 Å². The van der Waals surface area contributed by atoms with Crippen LogP contribution in [0.2, 0.25) is 0 Å². The molecule has 0 aliphatic carbocycles. The number of hydrogen-bond acceptors (Lipinski definition) is 2. The maximum atomic E-state index is 12.4. The Morgan fingerprint density at radius 2 is 1.75 bits per heavy atom. The van der Waals surface area contributed by atoms with Crippen molar-refractivity contribution in [1.82, 2.24) is 5.32 Å². The maximum Gasteiger partial charge on any atom is 0.471 e. The van der Waals surface area contributed by atoms with E-state index in [1.807, 2.05) is 29.6 Å². The molecule has 0 radical (unpaired) electrons. The predicted molar refractivity (Wildman–Crippen MR) is 91.6 cm³/mol. The van der Waals surface area contributed by atoms with Gasteiger partial charge in [0.1, 0.15) is 0 Å². The molecule has 1 amide bonds. The van der Waals surface area contributed by atoms with Crippen LogP contribution in [0.25, 0.3) is 0 Å². The Morgan fingerprint density at radius 1 is 1.12 bits per heavy atom. The number of carbonyl (C=O) groups excluding carboxylic acids is 1. The van der Waals surface area contributed by atoms with E-state index in [9.17, 15) is 18.0 Å². The van der Waals surface area contributed by atoms with Crippen LogP contribution < -0.4 is 10.6 Å². The lowest BCUT2D eigenvalue weighted by Crippen LogP contribution is -2.38. The van der Waals surface area contributed by atoms with E-state index in [4.69, 9.17) is 0 Å². The zero-order chi connectivity index (χ0) is 17.6. The summed E-state index contributed by atoms with van der Waals surface area (Å²) in [6, 6.07) is 15.7. The quantitative estimate of drug-likeness (QED) is 0.652. The van der Waals surface area contributed by atoms with E-state index in [0.29, 0.717) is 0 Å². The molecule has 0 aromatic heterocycles. The number of aliphatic imine (C=N–C) groups is 1. The van der Waals surface area contributed by atoms with E-state index in [2.05, 4.69) is 14.2 Å². The molecule has 0 aliphatic rings. The monoisotopic (exact) mass is 352 g/mol. The first-order valence-electron chi connectivity index (χ1n) is 7.15. The molecule has 0 spiro atoms. The Morgan fingerprint density at radius 3 is 2.38 bits per heavy atom. The van der Waals surface area contributed by atoms with Crippen LogP contribution in [-0.4, -0.2) is 24.8 Å². The number of nitrogens with one attached hydrogen (secondary N) is 1. The van der Waals surface area contributed by atoms with Gasteiger partial charge in [-0.15, -0.1) is 9.24 Å². The van der Waals surface area contributed by atoms with Crippen molar-refractivity contribution in [2.24, 2.45) is 4.99 Å². The van der Waals surface area contributed by atoms with Gasteiger partial charge >= 0.3 is 12.1 Å². The Labute approximate surface area is 140 Å². The first-order chi connectivity index (χ1) is 11.4. The van der Waals surface area contributed by atoms with Crippen molar-refractivity contribution >= 4 is 26.7 Å². The van der Waals surface area contributed by atoms with Gasteiger partial charge in [0.15, 0.2) is 0 Å². The van der Waals surface area contributed by atoms with Crippen LogP contribution >= 0.6 is 9.24 Å². The second kappa shape index (κ2) is 8.06. The van der Waals surface area contributed by atoms with Crippen LogP contribution in [0.15, 0.2) is 59.6 Å². The molecule has 7 heteroatoms. The summed E-state index contributed by atoms with van der Waals surface area (Å²) in [4.78, 5) is 15.4. The molecule has 1 N–H and O–H groups in total. The van der Waals surface area contributed by atoms with Crippen molar-refractivity contribution < 1.29 is 18.0 Å². The third-order valence-electron chi connectivity index (χ3n) is 3.29. The highest BCUT2D eigenvalue weighted by Crippen LogP contribution is 2.18. The van der Waals surface area contributed by atoms with Crippen molar-refractivity contribution in [1.29, 1.82) is 0 Å². The first kappa shape index (κ1) is 18.1. The summed E-state index contributed by atoms with van der Waals surface area (Å²) >= 11 is 0. The first-order valence-corrected chi connectivity index (χ1v) is 7.73. The van der Waals surface area contributed by atoms with E-state index < -0.39 is 18.1 Å². The van der Waals surface area contributed by atoms with Crippen LogP contribution in [0.3, 0.4) is 0 Å². The lowest BCUT2D eigenvalue weighted by atomic mass is 10.1. The molecule has 2 rings (SSSR count). The number of amides is 1. The van der Waals surface area contributed by atoms with Gasteiger partial charge in [0.05, 0.1) is 6.04 Å². The summed E-state index contributed by atoms with van der Waals surface area (Å²) in [6.07, 6.45) is -3.31. The Bertz CT molecular complexity index is 717. The molecule has 126 valence electrons. The second-order valence-corrected chi connectivity index (χ2v) is 5.66. The summed E-state index contributed by atoms with van der Waals surface area (Å²) in [5.74, 6) is -1.97. The molecular weight excluding hydrogens is 336 g/mol. The van der Waals surface area contributed by atoms with Crippen molar-refractivity contribution in [3.8, 4) is 0 Å². The Balaban J connectivity index is 2.18. The van der Waals surface area contributed by atoms with Crippen LogP contribution in [0.5, 0.6) is 0 Å². The number of rotatable bonds is 5. The molecule has 2 aromatic carbocycles. The maximum absolute atomic E-state index is 12.4. The molecule has 0 heterocycles. The smallest absolute Gasteiger partial charge is 0.346 e. The summed E-state index contributed by atoms with van der Waals surface area (Å²) in [5.41, 5.74) is 1.56. The van der Waals surface area contributed by atoms with Gasteiger partial charge in [0.25, 0.3) is 0 Å². The van der Waals surface area contributed by atoms with Gasteiger partial charge < -0.3 is 5.32 Å². The number of halogens is 3. The molecule has 24 heavy (non-hydrogen) atoms. The third kappa shape index (κ3) is 5.17. The Hall–Kier alpha value is -2.20. The van der Waals surface area contributed by atoms with E-state index in [0.717, 1.165) is 16.4 Å². The lowest BCUT2D eigenvalue weighted by Gasteiger charge is -2.15. The van der Waals surface area contributed by atoms with Gasteiger partial charge in [-0.25, -0.2) is 0 Å². The summed E-state index contributed by atoms with van der Waals surface area (Å²) in [6.45, 7) is -0.238. The predicted octanol–water partition coefficient (Wildman–Crippen LogP) is 3.03.